The summed E-state index contributed by atoms with van der Waals surface area (Å²) in [5.74, 6) is 7.43. The van der Waals surface area contributed by atoms with Gasteiger partial charge in [-0.15, -0.1) is 0 Å². The van der Waals surface area contributed by atoms with Gasteiger partial charge in [-0.1, -0.05) is 28.9 Å². The minimum Gasteiger partial charge on any atom is -0.311 e. The molecule has 2 rings (SSSR count). The molecule has 8 heteroatoms. The van der Waals surface area contributed by atoms with E-state index in [-0.39, 0.29) is 5.71 Å². The van der Waals surface area contributed by atoms with Gasteiger partial charge in [0.15, 0.2) is 5.71 Å². The highest BCUT2D eigenvalue weighted by atomic mass is 35.5. The molecule has 0 atom stereocenters. The maximum Gasteiger partial charge on any atom is 0.387 e. The van der Waals surface area contributed by atoms with Crippen molar-refractivity contribution in [3.05, 3.63) is 29.3 Å². The number of anilines is 1. The number of para-hydroxylation sites is 1. The second-order valence-corrected chi connectivity index (χ2v) is 3.51. The van der Waals surface area contributed by atoms with Crippen LogP contribution in [0.2, 0.25) is 5.02 Å². The van der Waals surface area contributed by atoms with Crippen molar-refractivity contribution in [2.45, 2.75) is 6.92 Å². The highest BCUT2D eigenvalue weighted by Crippen LogP contribution is 2.20. The number of carbonyl (C=O) groups excluding carboxylic acids is 1. The first-order valence-electron chi connectivity index (χ1n) is 4.86. The highest BCUT2D eigenvalue weighted by molar-refractivity contribution is 6.66. The quantitative estimate of drug-likeness (QED) is 0.418. The number of hydrogen-bond donors (Lipinski definition) is 3. The number of nitrogens with two attached hydrogens (primary N) is 2. The molecule has 0 spiro atoms. The molecule has 0 aliphatic carbocycles. The SMILES string of the molecule is CC1=NOC(=O)/C1=N/Nc1ccccc1Cl.NN. The standard InChI is InChI=1S/C10H8ClN3O2.H4N2/c1-6-9(10(15)16-14-6)13-12-8-5-3-2-4-7(8)11;1-2/h2-5,12H,1H3;1-2H2/b13-9+;. The number of carbonyl (C=O) groups is 1. The predicted molar refractivity (Wildman–Crippen MR) is 70.1 cm³/mol. The fourth-order valence-corrected chi connectivity index (χ4v) is 1.32. The lowest BCUT2D eigenvalue weighted by molar-refractivity contribution is -0.134. The van der Waals surface area contributed by atoms with E-state index < -0.39 is 5.97 Å². The Morgan fingerprint density at radius 3 is 2.61 bits per heavy atom. The number of hydrogen-bond acceptors (Lipinski definition) is 7. The molecule has 7 nitrogen and oxygen atoms in total. The van der Waals surface area contributed by atoms with E-state index in [9.17, 15) is 4.79 Å². The topological polar surface area (TPSA) is 115 Å². The Kier molecular flexibility index (Phi) is 5.25. The molecule has 0 amide bonds. The van der Waals surface area contributed by atoms with Crippen molar-refractivity contribution in [1.29, 1.82) is 0 Å². The largest absolute Gasteiger partial charge is 0.387 e. The van der Waals surface area contributed by atoms with Crippen LogP contribution in [0.1, 0.15) is 6.92 Å². The van der Waals surface area contributed by atoms with Crippen molar-refractivity contribution in [3.63, 3.8) is 0 Å². The van der Waals surface area contributed by atoms with Crippen LogP contribution in [0, 0.1) is 0 Å². The molecule has 96 valence electrons. The molecule has 1 aliphatic heterocycles. The van der Waals surface area contributed by atoms with Gasteiger partial charge in [0, 0.05) is 0 Å². The van der Waals surface area contributed by atoms with Crippen LogP contribution in [0.4, 0.5) is 5.69 Å². The van der Waals surface area contributed by atoms with Crippen molar-refractivity contribution < 1.29 is 9.63 Å². The second kappa shape index (κ2) is 6.70. The minimum absolute atomic E-state index is 0.153. The van der Waals surface area contributed by atoms with Gasteiger partial charge in [0.25, 0.3) is 0 Å². The van der Waals surface area contributed by atoms with Gasteiger partial charge in [-0.2, -0.15) is 5.10 Å². The van der Waals surface area contributed by atoms with E-state index in [0.717, 1.165) is 0 Å². The average molecular weight is 270 g/mol. The molecular formula is C10H12ClN5O2. The van der Waals surface area contributed by atoms with Crippen molar-refractivity contribution in [2.24, 2.45) is 21.9 Å². The summed E-state index contributed by atoms with van der Waals surface area (Å²) in [7, 11) is 0. The second-order valence-electron chi connectivity index (χ2n) is 3.11. The first kappa shape index (κ1) is 14.1. The van der Waals surface area contributed by atoms with E-state index in [1.807, 2.05) is 6.07 Å². The molecule has 0 saturated heterocycles. The monoisotopic (exact) mass is 269 g/mol. The number of hydrazone groups is 1. The number of hydrazine groups is 1. The molecule has 1 aliphatic rings. The first-order chi connectivity index (χ1) is 8.68. The van der Waals surface area contributed by atoms with Crippen LogP contribution in [-0.4, -0.2) is 17.4 Å². The number of benzene rings is 1. The minimum atomic E-state index is -0.572. The summed E-state index contributed by atoms with van der Waals surface area (Å²) >= 11 is 5.90. The number of halogens is 1. The van der Waals surface area contributed by atoms with Gasteiger partial charge >= 0.3 is 5.97 Å². The Hall–Kier alpha value is -1.96. The normalized spacial score (nSPS) is 15.7. The number of oxime groups is 1. The van der Waals surface area contributed by atoms with Crippen molar-refractivity contribution in [2.75, 3.05) is 5.43 Å². The van der Waals surface area contributed by atoms with Crippen molar-refractivity contribution in [3.8, 4) is 0 Å². The molecule has 0 radical (unpaired) electrons. The van der Waals surface area contributed by atoms with Crippen LogP contribution in [0.25, 0.3) is 0 Å². The zero-order valence-electron chi connectivity index (χ0n) is 9.55. The third-order valence-corrected chi connectivity index (χ3v) is 2.29. The summed E-state index contributed by atoms with van der Waals surface area (Å²) in [5, 5.41) is 7.91. The molecule has 1 aromatic rings. The van der Waals surface area contributed by atoms with E-state index in [1.54, 1.807) is 25.1 Å². The lowest BCUT2D eigenvalue weighted by atomic mass is 10.3. The Morgan fingerprint density at radius 2 is 2.06 bits per heavy atom. The van der Waals surface area contributed by atoms with Gasteiger partial charge in [-0.25, -0.2) is 4.79 Å². The fraction of sp³-hybridized carbons (Fsp3) is 0.100. The summed E-state index contributed by atoms with van der Waals surface area (Å²) in [6.07, 6.45) is 0. The maximum atomic E-state index is 11.2. The van der Waals surface area contributed by atoms with Crippen LogP contribution in [-0.2, 0) is 9.63 Å². The molecule has 18 heavy (non-hydrogen) atoms. The zero-order valence-corrected chi connectivity index (χ0v) is 10.3. The van der Waals surface area contributed by atoms with Gasteiger partial charge in [0.1, 0.15) is 5.71 Å². The van der Waals surface area contributed by atoms with Crippen LogP contribution in [0.3, 0.4) is 0 Å². The Labute approximate surface area is 108 Å². The maximum absolute atomic E-state index is 11.2. The smallest absolute Gasteiger partial charge is 0.311 e. The Morgan fingerprint density at radius 1 is 1.39 bits per heavy atom. The molecule has 0 fully saturated rings. The average Bonchev–Trinajstić information content (AvgIpc) is 2.71. The molecule has 0 saturated carbocycles. The van der Waals surface area contributed by atoms with E-state index >= 15 is 0 Å². The number of nitrogens with zero attached hydrogens (tertiary/aromatic N) is 2. The molecule has 1 aromatic carbocycles. The van der Waals surface area contributed by atoms with Crippen molar-refractivity contribution >= 4 is 34.7 Å². The molecule has 1 heterocycles. The summed E-state index contributed by atoms with van der Waals surface area (Å²) in [6.45, 7) is 1.64. The van der Waals surface area contributed by atoms with Gasteiger partial charge in [-0.05, 0) is 19.1 Å². The molecule has 0 aromatic heterocycles. The third kappa shape index (κ3) is 3.27. The van der Waals surface area contributed by atoms with E-state index in [4.69, 9.17) is 11.6 Å². The van der Waals surface area contributed by atoms with E-state index in [1.165, 1.54) is 0 Å². The number of rotatable bonds is 2. The highest BCUT2D eigenvalue weighted by Gasteiger charge is 2.24. The third-order valence-electron chi connectivity index (χ3n) is 1.96. The van der Waals surface area contributed by atoms with Crippen molar-refractivity contribution in [1.82, 2.24) is 0 Å². The van der Waals surface area contributed by atoms with E-state index in [2.05, 4.69) is 32.2 Å². The van der Waals surface area contributed by atoms with Crippen LogP contribution in [0.5, 0.6) is 0 Å². The molecule has 0 bridgehead atoms. The lowest BCUT2D eigenvalue weighted by Gasteiger charge is -2.02. The fourth-order valence-electron chi connectivity index (χ4n) is 1.14. The molecule has 0 unspecified atom stereocenters. The van der Waals surface area contributed by atoms with Crippen LogP contribution in [0.15, 0.2) is 34.5 Å². The first-order valence-corrected chi connectivity index (χ1v) is 5.24. The summed E-state index contributed by atoms with van der Waals surface area (Å²) < 4.78 is 0. The summed E-state index contributed by atoms with van der Waals surface area (Å²) in [6, 6.07) is 7.08. The van der Waals surface area contributed by atoms with Crippen LogP contribution < -0.4 is 17.1 Å². The molecule has 5 N–H and O–H groups in total. The van der Waals surface area contributed by atoms with Gasteiger partial charge in [0.2, 0.25) is 0 Å². The van der Waals surface area contributed by atoms with Gasteiger partial charge in [-0.3, -0.25) is 17.1 Å². The Balaban J connectivity index is 0.000000771. The van der Waals surface area contributed by atoms with Gasteiger partial charge < -0.3 is 4.84 Å². The Bertz CT molecular complexity index is 501. The van der Waals surface area contributed by atoms with E-state index in [0.29, 0.717) is 16.4 Å². The van der Waals surface area contributed by atoms with Crippen LogP contribution >= 0.6 is 11.6 Å². The molecular weight excluding hydrogens is 258 g/mol. The summed E-state index contributed by atoms with van der Waals surface area (Å²) in [4.78, 5) is 15.6. The number of nitrogens with one attached hydrogen (secondary N) is 1. The lowest BCUT2D eigenvalue weighted by Crippen LogP contribution is -2.17. The predicted octanol–water partition coefficient (Wildman–Crippen LogP) is 0.859. The van der Waals surface area contributed by atoms with Gasteiger partial charge in [0.05, 0.1) is 10.7 Å². The summed E-state index contributed by atoms with van der Waals surface area (Å²) in [5.41, 5.74) is 3.89. The zero-order chi connectivity index (χ0) is 13.5.